The van der Waals surface area contributed by atoms with Crippen molar-refractivity contribution in [3.63, 3.8) is 0 Å². The quantitative estimate of drug-likeness (QED) is 0.323. The number of amides is 2. The van der Waals surface area contributed by atoms with Gasteiger partial charge in [-0.05, 0) is 61.4 Å². The lowest BCUT2D eigenvalue weighted by Gasteiger charge is -2.32. The maximum absolute atomic E-state index is 13.8. The summed E-state index contributed by atoms with van der Waals surface area (Å²) in [6.45, 7) is 3.61. The molecule has 3 aromatic carbocycles. The maximum Gasteiger partial charge on any atom is 0.264 e. The van der Waals surface area contributed by atoms with Crippen LogP contribution in [0.1, 0.15) is 25.8 Å². The molecule has 1 N–H and O–H groups in total. The summed E-state index contributed by atoms with van der Waals surface area (Å²) < 4.78 is 29.1. The van der Waals surface area contributed by atoms with Gasteiger partial charge in [0.05, 0.1) is 10.6 Å². The largest absolute Gasteiger partial charge is 0.354 e. The second-order valence-corrected chi connectivity index (χ2v) is 11.6. The van der Waals surface area contributed by atoms with E-state index in [4.69, 9.17) is 11.6 Å². The maximum atomic E-state index is 13.8. The van der Waals surface area contributed by atoms with E-state index in [1.165, 1.54) is 17.0 Å². The van der Waals surface area contributed by atoms with E-state index in [1.807, 2.05) is 6.92 Å². The summed E-state index contributed by atoms with van der Waals surface area (Å²) in [6.07, 6.45) is 0.743. The molecule has 2 amide bonds. The molecule has 0 saturated carbocycles. The van der Waals surface area contributed by atoms with Crippen molar-refractivity contribution in [2.24, 2.45) is 0 Å². The predicted molar refractivity (Wildman–Crippen MR) is 150 cm³/mol. The van der Waals surface area contributed by atoms with Crippen LogP contribution in [0.5, 0.6) is 0 Å². The van der Waals surface area contributed by atoms with E-state index >= 15 is 0 Å². The first kappa shape index (κ1) is 28.7. The summed E-state index contributed by atoms with van der Waals surface area (Å²) in [5, 5.41) is 3.31. The first-order valence-corrected chi connectivity index (χ1v) is 14.4. The lowest BCUT2D eigenvalue weighted by Crippen LogP contribution is -2.51. The summed E-state index contributed by atoms with van der Waals surface area (Å²) in [5.41, 5.74) is 1.04. The molecule has 7 nitrogen and oxygen atoms in total. The molecule has 0 unspecified atom stereocenters. The van der Waals surface area contributed by atoms with Crippen LogP contribution in [0.4, 0.5) is 5.69 Å². The number of rotatable bonds is 11. The zero-order valence-electron chi connectivity index (χ0n) is 20.6. The molecule has 0 aliphatic carbocycles. The normalized spacial score (nSPS) is 12.0. The van der Waals surface area contributed by atoms with Crippen molar-refractivity contribution in [2.45, 2.75) is 37.8 Å². The average Bonchev–Trinajstić information content (AvgIpc) is 2.88. The molecule has 0 aromatic heterocycles. The van der Waals surface area contributed by atoms with Gasteiger partial charge in [-0.2, -0.15) is 0 Å². The van der Waals surface area contributed by atoms with Gasteiger partial charge in [-0.1, -0.05) is 70.9 Å². The van der Waals surface area contributed by atoms with E-state index in [0.717, 1.165) is 16.3 Å². The number of carbonyl (C=O) groups excluding carboxylic acids is 2. The fourth-order valence-corrected chi connectivity index (χ4v) is 5.72. The van der Waals surface area contributed by atoms with Crippen LogP contribution in [0.3, 0.4) is 0 Å². The van der Waals surface area contributed by atoms with Crippen molar-refractivity contribution in [3.8, 4) is 0 Å². The van der Waals surface area contributed by atoms with E-state index in [0.29, 0.717) is 21.7 Å². The van der Waals surface area contributed by atoms with Gasteiger partial charge in [0.1, 0.15) is 12.6 Å². The summed E-state index contributed by atoms with van der Waals surface area (Å²) in [4.78, 5) is 28.1. The molecule has 0 radical (unpaired) electrons. The number of hydrogen-bond donors (Lipinski definition) is 1. The Morgan fingerprint density at radius 2 is 1.70 bits per heavy atom. The molecular formula is C27H29BrClN3O4S. The van der Waals surface area contributed by atoms with Gasteiger partial charge in [-0.15, -0.1) is 0 Å². The highest BCUT2D eigenvalue weighted by molar-refractivity contribution is 9.10. The summed E-state index contributed by atoms with van der Waals surface area (Å²) in [5.74, 6) is -0.851. The van der Waals surface area contributed by atoms with Crippen LogP contribution in [0.2, 0.25) is 5.02 Å². The molecule has 10 heteroatoms. The highest BCUT2D eigenvalue weighted by Gasteiger charge is 2.32. The smallest absolute Gasteiger partial charge is 0.264 e. The molecular weight excluding hydrogens is 578 g/mol. The molecule has 1 atom stereocenters. The van der Waals surface area contributed by atoms with Crippen molar-refractivity contribution in [3.05, 3.63) is 93.9 Å². The van der Waals surface area contributed by atoms with Crippen molar-refractivity contribution >= 4 is 55.1 Å². The minimum Gasteiger partial charge on any atom is -0.354 e. The Morgan fingerprint density at radius 1 is 1.00 bits per heavy atom. The number of carbonyl (C=O) groups is 2. The van der Waals surface area contributed by atoms with Gasteiger partial charge < -0.3 is 10.2 Å². The van der Waals surface area contributed by atoms with Crippen molar-refractivity contribution in [2.75, 3.05) is 17.4 Å². The zero-order valence-corrected chi connectivity index (χ0v) is 23.8. The molecule has 0 saturated heterocycles. The van der Waals surface area contributed by atoms with Gasteiger partial charge >= 0.3 is 0 Å². The Bertz CT molecular complexity index is 1340. The SMILES string of the molecule is CCCNC(=O)[C@@H](C)N(Cc1cccc(Cl)c1)C(=O)CN(c1cccc(Br)c1)S(=O)(=O)c1ccccc1. The molecule has 0 fully saturated rings. The fraction of sp³-hybridized carbons (Fsp3) is 0.259. The number of nitrogens with one attached hydrogen (secondary N) is 1. The molecule has 0 bridgehead atoms. The minimum absolute atomic E-state index is 0.0536. The lowest BCUT2D eigenvalue weighted by molar-refractivity contribution is -0.139. The number of anilines is 1. The average molecular weight is 607 g/mol. The lowest BCUT2D eigenvalue weighted by atomic mass is 10.1. The van der Waals surface area contributed by atoms with Gasteiger partial charge in [-0.25, -0.2) is 8.42 Å². The van der Waals surface area contributed by atoms with Gasteiger partial charge in [0.15, 0.2) is 0 Å². The van der Waals surface area contributed by atoms with Crippen molar-refractivity contribution in [1.29, 1.82) is 0 Å². The van der Waals surface area contributed by atoms with E-state index in [2.05, 4.69) is 21.2 Å². The van der Waals surface area contributed by atoms with Crippen LogP contribution >= 0.6 is 27.5 Å². The molecule has 0 heterocycles. The van der Waals surface area contributed by atoms with Gasteiger partial charge in [-0.3, -0.25) is 13.9 Å². The molecule has 196 valence electrons. The minimum atomic E-state index is -4.10. The second-order valence-electron chi connectivity index (χ2n) is 8.42. The number of sulfonamides is 1. The van der Waals surface area contributed by atoms with Crippen LogP contribution < -0.4 is 9.62 Å². The molecule has 3 rings (SSSR count). The Balaban J connectivity index is 2.01. The Hall–Kier alpha value is -2.88. The van der Waals surface area contributed by atoms with E-state index in [1.54, 1.807) is 73.7 Å². The molecule has 0 aliphatic rings. The monoisotopic (exact) mass is 605 g/mol. The third-order valence-electron chi connectivity index (χ3n) is 5.66. The number of benzene rings is 3. The summed E-state index contributed by atoms with van der Waals surface area (Å²) in [7, 11) is -4.10. The standard InChI is InChI=1S/C27H29BrClN3O4S/c1-3-15-30-27(34)20(2)31(18-21-9-7-11-23(29)16-21)26(33)19-32(24-12-8-10-22(28)17-24)37(35,36)25-13-5-4-6-14-25/h4-14,16-17,20H,3,15,18-19H2,1-2H3,(H,30,34)/t20-/m1/s1. The highest BCUT2D eigenvalue weighted by atomic mass is 79.9. The Kier molecular flexibility index (Phi) is 10.1. The number of halogens is 2. The van der Waals surface area contributed by atoms with E-state index in [-0.39, 0.29) is 17.3 Å². The van der Waals surface area contributed by atoms with E-state index < -0.39 is 28.5 Å². The molecule has 0 aliphatic heterocycles. The third-order valence-corrected chi connectivity index (χ3v) is 8.18. The topological polar surface area (TPSA) is 86.8 Å². The Labute approximate surface area is 231 Å². The van der Waals surface area contributed by atoms with Gasteiger partial charge in [0.25, 0.3) is 10.0 Å². The summed E-state index contributed by atoms with van der Waals surface area (Å²) in [6, 6.07) is 20.8. The first-order valence-electron chi connectivity index (χ1n) is 11.8. The molecule has 37 heavy (non-hydrogen) atoms. The Morgan fingerprint density at radius 3 is 2.35 bits per heavy atom. The fourth-order valence-electron chi connectivity index (χ4n) is 3.69. The van der Waals surface area contributed by atoms with Gasteiger partial charge in [0, 0.05) is 22.6 Å². The summed E-state index contributed by atoms with van der Waals surface area (Å²) >= 11 is 9.53. The van der Waals surface area contributed by atoms with Crippen molar-refractivity contribution in [1.82, 2.24) is 10.2 Å². The third kappa shape index (κ3) is 7.56. The molecule has 3 aromatic rings. The van der Waals surface area contributed by atoms with Crippen LogP contribution in [0.25, 0.3) is 0 Å². The van der Waals surface area contributed by atoms with E-state index in [9.17, 15) is 18.0 Å². The highest BCUT2D eigenvalue weighted by Crippen LogP contribution is 2.27. The van der Waals surface area contributed by atoms with Crippen LogP contribution in [-0.4, -0.2) is 44.3 Å². The van der Waals surface area contributed by atoms with Crippen LogP contribution in [-0.2, 0) is 26.2 Å². The number of nitrogens with zero attached hydrogens (tertiary/aromatic N) is 2. The van der Waals surface area contributed by atoms with Crippen LogP contribution in [0, 0.1) is 0 Å². The number of hydrogen-bond acceptors (Lipinski definition) is 4. The predicted octanol–water partition coefficient (Wildman–Crippen LogP) is 5.24. The first-order chi connectivity index (χ1) is 17.6. The van der Waals surface area contributed by atoms with Crippen LogP contribution in [0.15, 0.2) is 88.2 Å². The second kappa shape index (κ2) is 13.1. The zero-order chi connectivity index (χ0) is 27.0. The van der Waals surface area contributed by atoms with Crippen molar-refractivity contribution < 1.29 is 18.0 Å². The molecule has 0 spiro atoms. The van der Waals surface area contributed by atoms with Gasteiger partial charge in [0.2, 0.25) is 11.8 Å².